The van der Waals surface area contributed by atoms with Crippen LogP contribution in [0.1, 0.15) is 17.5 Å². The van der Waals surface area contributed by atoms with E-state index in [0.29, 0.717) is 18.3 Å². The number of para-hydroxylation sites is 1. The van der Waals surface area contributed by atoms with Gasteiger partial charge in [0.15, 0.2) is 5.76 Å². The zero-order chi connectivity index (χ0) is 13.2. The van der Waals surface area contributed by atoms with Crippen LogP contribution in [-0.4, -0.2) is 41.3 Å². The van der Waals surface area contributed by atoms with Gasteiger partial charge in [-0.3, -0.25) is 9.69 Å². The predicted molar refractivity (Wildman–Crippen MR) is 78.9 cm³/mol. The van der Waals surface area contributed by atoms with Gasteiger partial charge in [0.05, 0.1) is 6.54 Å². The first-order valence-corrected chi connectivity index (χ1v) is 7.73. The molecule has 0 amide bonds. The maximum atomic E-state index is 12.3. The smallest absolute Gasteiger partial charge is 0.211 e. The summed E-state index contributed by atoms with van der Waals surface area (Å²) in [4.78, 5) is 14.5. The van der Waals surface area contributed by atoms with Crippen molar-refractivity contribution >= 4 is 28.5 Å². The molecule has 0 N–H and O–H groups in total. The van der Waals surface area contributed by atoms with Crippen LogP contribution in [0.15, 0.2) is 34.7 Å². The molecule has 4 heteroatoms. The van der Waals surface area contributed by atoms with Gasteiger partial charge in [0.25, 0.3) is 0 Å². The molecule has 1 fully saturated rings. The van der Waals surface area contributed by atoms with E-state index in [1.54, 1.807) is 0 Å². The van der Waals surface area contributed by atoms with Crippen LogP contribution in [0.3, 0.4) is 0 Å². The average Bonchev–Trinajstić information content (AvgIpc) is 2.85. The number of rotatable bonds is 3. The zero-order valence-electron chi connectivity index (χ0n) is 11.0. The lowest BCUT2D eigenvalue weighted by atomic mass is 10.2. The molecule has 0 spiro atoms. The number of carbonyl (C=O) groups is 1. The highest BCUT2D eigenvalue weighted by Crippen LogP contribution is 2.21. The molecule has 2 heterocycles. The molecule has 1 aromatic heterocycles. The minimum absolute atomic E-state index is 0.0787. The van der Waals surface area contributed by atoms with Gasteiger partial charge in [0.2, 0.25) is 5.78 Å². The van der Waals surface area contributed by atoms with Crippen molar-refractivity contribution in [3.05, 3.63) is 36.1 Å². The van der Waals surface area contributed by atoms with E-state index in [9.17, 15) is 4.79 Å². The highest BCUT2D eigenvalue weighted by atomic mass is 32.2. The Labute approximate surface area is 117 Å². The second kappa shape index (κ2) is 5.39. The third kappa shape index (κ3) is 2.69. The Bertz CT molecular complexity index is 560. The van der Waals surface area contributed by atoms with Crippen LogP contribution in [0.2, 0.25) is 0 Å². The summed E-state index contributed by atoms with van der Waals surface area (Å²) in [7, 11) is 0. The number of Topliss-reactive ketones (excluding diaryl/α,β-unsaturated/α-hetero) is 1. The van der Waals surface area contributed by atoms with E-state index in [1.807, 2.05) is 42.1 Å². The number of carbonyl (C=O) groups excluding carboxylic acids is 1. The largest absolute Gasteiger partial charge is 0.453 e. The first-order chi connectivity index (χ1) is 9.24. The van der Waals surface area contributed by atoms with E-state index < -0.39 is 0 Å². The molecule has 0 saturated carbocycles. The summed E-state index contributed by atoms with van der Waals surface area (Å²) in [6.07, 6.45) is 0. The van der Waals surface area contributed by atoms with Gasteiger partial charge in [-0.2, -0.15) is 11.8 Å². The van der Waals surface area contributed by atoms with Crippen LogP contribution in [0, 0.1) is 0 Å². The SMILES string of the molecule is CC1CSCCN1CC(=O)c1cc2ccccc2o1. The molecule has 1 aromatic carbocycles. The molecule has 0 radical (unpaired) electrons. The molecule has 0 bridgehead atoms. The van der Waals surface area contributed by atoms with E-state index in [1.165, 1.54) is 0 Å². The van der Waals surface area contributed by atoms with Crippen LogP contribution in [0.5, 0.6) is 0 Å². The van der Waals surface area contributed by atoms with Gasteiger partial charge in [0, 0.05) is 29.5 Å². The Hall–Kier alpha value is -1.26. The van der Waals surface area contributed by atoms with Crippen molar-refractivity contribution in [2.75, 3.05) is 24.6 Å². The molecule has 0 aliphatic carbocycles. The van der Waals surface area contributed by atoms with Crippen LogP contribution < -0.4 is 0 Å². The predicted octanol–water partition coefficient (Wildman–Crippen LogP) is 3.05. The Balaban J connectivity index is 1.76. The van der Waals surface area contributed by atoms with Gasteiger partial charge in [-0.05, 0) is 19.1 Å². The first kappa shape index (κ1) is 12.8. The summed E-state index contributed by atoms with van der Waals surface area (Å²) < 4.78 is 5.63. The molecule has 1 unspecified atom stereocenters. The number of fused-ring (bicyclic) bond motifs is 1. The lowest BCUT2D eigenvalue weighted by Crippen LogP contribution is -2.43. The Morgan fingerprint density at radius 3 is 3.11 bits per heavy atom. The molecule has 1 saturated heterocycles. The number of benzene rings is 1. The molecule has 3 rings (SSSR count). The average molecular weight is 275 g/mol. The number of thioether (sulfide) groups is 1. The molecule has 19 heavy (non-hydrogen) atoms. The van der Waals surface area contributed by atoms with Crippen molar-refractivity contribution in [3.8, 4) is 0 Å². The molecule has 1 aliphatic rings. The van der Waals surface area contributed by atoms with E-state index >= 15 is 0 Å². The van der Waals surface area contributed by atoms with Gasteiger partial charge in [-0.1, -0.05) is 18.2 Å². The first-order valence-electron chi connectivity index (χ1n) is 6.57. The summed E-state index contributed by atoms with van der Waals surface area (Å²) in [6.45, 7) is 3.62. The zero-order valence-corrected chi connectivity index (χ0v) is 11.8. The molecule has 2 aromatic rings. The maximum Gasteiger partial charge on any atom is 0.211 e. The monoisotopic (exact) mass is 275 g/mol. The lowest BCUT2D eigenvalue weighted by molar-refractivity contribution is 0.0886. The molecule has 100 valence electrons. The Kier molecular flexibility index (Phi) is 3.62. The minimum atomic E-state index is 0.0787. The number of furan rings is 1. The highest BCUT2D eigenvalue weighted by molar-refractivity contribution is 7.99. The van der Waals surface area contributed by atoms with Crippen molar-refractivity contribution in [2.45, 2.75) is 13.0 Å². The van der Waals surface area contributed by atoms with Crippen molar-refractivity contribution in [1.82, 2.24) is 4.90 Å². The van der Waals surface area contributed by atoms with E-state index in [4.69, 9.17) is 4.42 Å². The van der Waals surface area contributed by atoms with E-state index in [0.717, 1.165) is 29.0 Å². The number of nitrogens with zero attached hydrogens (tertiary/aromatic N) is 1. The third-order valence-electron chi connectivity index (χ3n) is 3.55. The lowest BCUT2D eigenvalue weighted by Gasteiger charge is -2.31. The van der Waals surface area contributed by atoms with Crippen molar-refractivity contribution in [2.24, 2.45) is 0 Å². The van der Waals surface area contributed by atoms with Crippen molar-refractivity contribution in [3.63, 3.8) is 0 Å². The summed E-state index contributed by atoms with van der Waals surface area (Å²) in [5.74, 6) is 2.77. The van der Waals surface area contributed by atoms with Gasteiger partial charge < -0.3 is 4.42 Å². The van der Waals surface area contributed by atoms with Crippen LogP contribution in [0.25, 0.3) is 11.0 Å². The second-order valence-corrected chi connectivity index (χ2v) is 6.12. The maximum absolute atomic E-state index is 12.3. The quantitative estimate of drug-likeness (QED) is 0.806. The molecule has 1 atom stereocenters. The third-order valence-corrected chi connectivity index (χ3v) is 4.74. The summed E-state index contributed by atoms with van der Waals surface area (Å²) in [6, 6.07) is 10.1. The van der Waals surface area contributed by atoms with Crippen molar-refractivity contribution < 1.29 is 9.21 Å². The van der Waals surface area contributed by atoms with E-state index in [2.05, 4.69) is 11.8 Å². The van der Waals surface area contributed by atoms with E-state index in [-0.39, 0.29) is 5.78 Å². The normalized spacial score (nSPS) is 20.8. The summed E-state index contributed by atoms with van der Waals surface area (Å²) >= 11 is 1.96. The fraction of sp³-hybridized carbons (Fsp3) is 0.400. The molecular weight excluding hydrogens is 258 g/mol. The highest BCUT2D eigenvalue weighted by Gasteiger charge is 2.22. The van der Waals surface area contributed by atoms with Gasteiger partial charge in [-0.15, -0.1) is 0 Å². The van der Waals surface area contributed by atoms with Crippen LogP contribution >= 0.6 is 11.8 Å². The standard InChI is InChI=1S/C15H17NO2S/c1-11-10-19-7-6-16(11)9-13(17)15-8-12-4-2-3-5-14(12)18-15/h2-5,8,11H,6-7,9-10H2,1H3. The minimum Gasteiger partial charge on any atom is -0.453 e. The number of ketones is 1. The topological polar surface area (TPSA) is 33.5 Å². The molecular formula is C15H17NO2S. The van der Waals surface area contributed by atoms with Crippen LogP contribution in [0.4, 0.5) is 0 Å². The van der Waals surface area contributed by atoms with Crippen molar-refractivity contribution in [1.29, 1.82) is 0 Å². The number of hydrogen-bond acceptors (Lipinski definition) is 4. The van der Waals surface area contributed by atoms with Gasteiger partial charge >= 0.3 is 0 Å². The Morgan fingerprint density at radius 2 is 2.32 bits per heavy atom. The van der Waals surface area contributed by atoms with Gasteiger partial charge in [0.1, 0.15) is 5.58 Å². The molecule has 3 nitrogen and oxygen atoms in total. The summed E-state index contributed by atoms with van der Waals surface area (Å²) in [5.41, 5.74) is 0.785. The summed E-state index contributed by atoms with van der Waals surface area (Å²) in [5, 5.41) is 0.994. The Morgan fingerprint density at radius 1 is 1.47 bits per heavy atom. The fourth-order valence-electron chi connectivity index (χ4n) is 2.38. The molecule has 1 aliphatic heterocycles. The number of hydrogen-bond donors (Lipinski definition) is 0. The fourth-order valence-corrected chi connectivity index (χ4v) is 3.46. The van der Waals surface area contributed by atoms with Gasteiger partial charge in [-0.25, -0.2) is 0 Å². The van der Waals surface area contributed by atoms with Crippen LogP contribution in [-0.2, 0) is 0 Å². The second-order valence-electron chi connectivity index (χ2n) is 4.97.